The van der Waals surface area contributed by atoms with Crippen molar-refractivity contribution in [1.82, 2.24) is 0 Å². The Morgan fingerprint density at radius 2 is 2.11 bits per heavy atom. The highest BCUT2D eigenvalue weighted by atomic mass is 31.1. The van der Waals surface area contributed by atoms with Crippen LogP contribution in [0.3, 0.4) is 0 Å². The summed E-state index contributed by atoms with van der Waals surface area (Å²) in [4.78, 5) is 0.638. The van der Waals surface area contributed by atoms with Crippen molar-refractivity contribution in [3.63, 3.8) is 0 Å². The first-order valence-electron chi connectivity index (χ1n) is 3.66. The molecule has 9 heavy (non-hydrogen) atoms. The molecule has 1 saturated heterocycles. The maximum atomic E-state index is 3.03. The zero-order valence-corrected chi connectivity index (χ0v) is 8.59. The van der Waals surface area contributed by atoms with E-state index in [1.807, 2.05) is 0 Å². The summed E-state index contributed by atoms with van der Waals surface area (Å²) in [6, 6.07) is 0. The fourth-order valence-corrected chi connectivity index (χ4v) is 4.56. The van der Waals surface area contributed by atoms with Gasteiger partial charge in [0, 0.05) is 4.90 Å². The first-order valence-corrected chi connectivity index (χ1v) is 5.32. The summed E-state index contributed by atoms with van der Waals surface area (Å²) in [5.41, 5.74) is 0.988. The van der Waals surface area contributed by atoms with Gasteiger partial charge < -0.3 is 0 Å². The van der Waals surface area contributed by atoms with Gasteiger partial charge in [0.2, 0.25) is 0 Å². The van der Waals surface area contributed by atoms with Gasteiger partial charge in [0.05, 0.1) is 0 Å². The van der Waals surface area contributed by atoms with Crippen molar-refractivity contribution in [2.45, 2.75) is 37.7 Å². The largest absolute Gasteiger partial charge is 0.126 e. The second-order valence-corrected chi connectivity index (χ2v) is 6.85. The van der Waals surface area contributed by atoms with Gasteiger partial charge in [-0.2, -0.15) is 0 Å². The van der Waals surface area contributed by atoms with E-state index in [1.54, 1.807) is 0 Å². The molecule has 1 heterocycles. The fraction of sp³-hybridized carbons (Fsp3) is 1.00. The maximum Gasteiger partial charge on any atom is 0.00525 e. The zero-order chi connectivity index (χ0) is 7.07. The second kappa shape index (κ2) is 2.48. The molecule has 0 saturated carbocycles. The molecule has 54 valence electrons. The third-order valence-corrected chi connectivity index (χ3v) is 6.38. The summed E-state index contributed by atoms with van der Waals surface area (Å²) in [7, 11) is 4.21. The van der Waals surface area contributed by atoms with Gasteiger partial charge in [0.15, 0.2) is 0 Å². The zero-order valence-electron chi connectivity index (χ0n) is 6.44. The Labute approximate surface area is 62.2 Å². The summed E-state index contributed by atoms with van der Waals surface area (Å²) in [5, 5.41) is 0. The standard InChI is InChI=1S/C7H16P2/c1-4-7(8)5(2)6(3)9-7/h5-6,9H,4,8H2,1-3H3. The van der Waals surface area contributed by atoms with Crippen LogP contribution in [0.25, 0.3) is 0 Å². The smallest absolute Gasteiger partial charge is 0.00525 e. The van der Waals surface area contributed by atoms with Gasteiger partial charge in [-0.15, -0.1) is 17.8 Å². The maximum absolute atomic E-state index is 3.03. The molecule has 0 nitrogen and oxygen atoms in total. The third-order valence-electron chi connectivity index (χ3n) is 2.64. The van der Waals surface area contributed by atoms with Crippen LogP contribution in [-0.2, 0) is 0 Å². The van der Waals surface area contributed by atoms with Crippen LogP contribution < -0.4 is 0 Å². The fourth-order valence-electron chi connectivity index (χ4n) is 1.45. The Hall–Kier alpha value is 0.860. The Morgan fingerprint density at radius 1 is 1.56 bits per heavy atom. The molecular weight excluding hydrogens is 146 g/mol. The van der Waals surface area contributed by atoms with Gasteiger partial charge in [-0.3, -0.25) is 0 Å². The molecule has 0 aromatic rings. The molecule has 5 unspecified atom stereocenters. The van der Waals surface area contributed by atoms with Crippen molar-refractivity contribution in [3.8, 4) is 0 Å². The molecule has 1 fully saturated rings. The Bertz CT molecular complexity index is 113. The molecule has 2 heteroatoms. The molecule has 5 atom stereocenters. The summed E-state index contributed by atoms with van der Waals surface area (Å²) in [6.45, 7) is 7.03. The molecule has 0 bridgehead atoms. The Balaban J connectivity index is 2.48. The second-order valence-electron chi connectivity index (χ2n) is 3.12. The first kappa shape index (κ1) is 7.96. The molecule has 1 aliphatic heterocycles. The van der Waals surface area contributed by atoms with Crippen LogP contribution in [0.4, 0.5) is 0 Å². The Kier molecular flexibility index (Phi) is 2.19. The molecule has 1 aliphatic rings. The summed E-state index contributed by atoms with van der Waals surface area (Å²) >= 11 is 0. The van der Waals surface area contributed by atoms with Crippen molar-refractivity contribution in [2.75, 3.05) is 0 Å². The lowest BCUT2D eigenvalue weighted by Gasteiger charge is -2.50. The van der Waals surface area contributed by atoms with Crippen LogP contribution in [-0.4, -0.2) is 10.6 Å². The average Bonchev–Trinajstić information content (AvgIpc) is 1.87. The predicted molar refractivity (Wildman–Crippen MR) is 49.7 cm³/mol. The highest BCUT2D eigenvalue weighted by molar-refractivity contribution is 7.54. The topological polar surface area (TPSA) is 0 Å². The molecule has 0 aromatic carbocycles. The van der Waals surface area contributed by atoms with Crippen LogP contribution >= 0.6 is 17.8 Å². The van der Waals surface area contributed by atoms with E-state index >= 15 is 0 Å². The highest BCUT2D eigenvalue weighted by Gasteiger charge is 2.43. The van der Waals surface area contributed by atoms with Crippen LogP contribution in [0.1, 0.15) is 27.2 Å². The van der Waals surface area contributed by atoms with Gasteiger partial charge in [-0.25, -0.2) is 0 Å². The third kappa shape index (κ3) is 1.17. The van der Waals surface area contributed by atoms with Crippen molar-refractivity contribution in [3.05, 3.63) is 0 Å². The lowest BCUT2D eigenvalue weighted by molar-refractivity contribution is 0.444. The minimum absolute atomic E-state index is 0.638. The number of rotatable bonds is 1. The summed E-state index contributed by atoms with van der Waals surface area (Å²) in [5.74, 6) is 0.936. The first-order chi connectivity index (χ1) is 4.10. The molecule has 0 aliphatic carbocycles. The molecule has 0 amide bonds. The summed E-state index contributed by atoms with van der Waals surface area (Å²) in [6.07, 6.45) is 1.33. The van der Waals surface area contributed by atoms with E-state index in [9.17, 15) is 0 Å². The number of hydrogen-bond donors (Lipinski definition) is 0. The van der Waals surface area contributed by atoms with E-state index in [0.717, 1.165) is 11.6 Å². The van der Waals surface area contributed by atoms with E-state index < -0.39 is 0 Å². The SMILES string of the molecule is CCC1(P)PC(C)C1C. The predicted octanol–water partition coefficient (Wildman–Crippen LogP) is 2.68. The van der Waals surface area contributed by atoms with E-state index in [1.165, 1.54) is 15.0 Å². The normalized spacial score (nSPS) is 53.3. The lowest BCUT2D eigenvalue weighted by Crippen LogP contribution is -2.41. The van der Waals surface area contributed by atoms with Gasteiger partial charge in [0.25, 0.3) is 0 Å². The van der Waals surface area contributed by atoms with Gasteiger partial charge >= 0.3 is 0 Å². The van der Waals surface area contributed by atoms with E-state index in [4.69, 9.17) is 0 Å². The molecular formula is C7H16P2. The molecule has 1 rings (SSSR count). The van der Waals surface area contributed by atoms with E-state index in [2.05, 4.69) is 30.0 Å². The van der Waals surface area contributed by atoms with Crippen LogP contribution in [0.15, 0.2) is 0 Å². The number of hydrogen-bond acceptors (Lipinski definition) is 0. The monoisotopic (exact) mass is 162 g/mol. The molecule has 0 aromatic heterocycles. The molecule has 0 radical (unpaired) electrons. The van der Waals surface area contributed by atoms with Crippen LogP contribution in [0, 0.1) is 5.92 Å². The van der Waals surface area contributed by atoms with Crippen molar-refractivity contribution in [1.29, 1.82) is 0 Å². The summed E-state index contributed by atoms with van der Waals surface area (Å²) < 4.78 is 0. The van der Waals surface area contributed by atoms with E-state index in [0.29, 0.717) is 4.90 Å². The van der Waals surface area contributed by atoms with Crippen LogP contribution in [0.2, 0.25) is 0 Å². The van der Waals surface area contributed by atoms with Crippen LogP contribution in [0.5, 0.6) is 0 Å². The van der Waals surface area contributed by atoms with Crippen molar-refractivity contribution >= 4 is 17.8 Å². The molecule has 0 spiro atoms. The average molecular weight is 162 g/mol. The minimum atomic E-state index is 0.638. The lowest BCUT2D eigenvalue weighted by atomic mass is 9.99. The molecule has 0 N–H and O–H groups in total. The van der Waals surface area contributed by atoms with Gasteiger partial charge in [0.1, 0.15) is 0 Å². The van der Waals surface area contributed by atoms with E-state index in [-0.39, 0.29) is 0 Å². The minimum Gasteiger partial charge on any atom is -0.126 e. The Morgan fingerprint density at radius 3 is 2.22 bits per heavy atom. The van der Waals surface area contributed by atoms with Crippen molar-refractivity contribution in [2.24, 2.45) is 5.92 Å². The quantitative estimate of drug-likeness (QED) is 0.520. The van der Waals surface area contributed by atoms with Crippen molar-refractivity contribution < 1.29 is 0 Å². The van der Waals surface area contributed by atoms with Gasteiger partial charge in [-0.1, -0.05) is 20.8 Å². The highest BCUT2D eigenvalue weighted by Crippen LogP contribution is 2.62. The van der Waals surface area contributed by atoms with Gasteiger partial charge in [-0.05, 0) is 18.0 Å².